The minimum absolute atomic E-state index is 0.168. The molecule has 25 heavy (non-hydrogen) atoms. The van der Waals surface area contributed by atoms with Crippen LogP contribution in [0.15, 0.2) is 24.3 Å². The number of likely N-dealkylation sites (N-methyl/N-ethyl adjacent to an activating group) is 2. The molecule has 2 amide bonds. The highest BCUT2D eigenvalue weighted by atomic mass is 16.3. The smallest absolute Gasteiger partial charge is 0.317 e. The Morgan fingerprint density at radius 1 is 1.16 bits per heavy atom. The Labute approximate surface area is 151 Å². The van der Waals surface area contributed by atoms with Crippen molar-refractivity contribution in [3.05, 3.63) is 35.4 Å². The molecule has 0 radical (unpaired) electrons. The van der Waals surface area contributed by atoms with Crippen molar-refractivity contribution in [2.75, 3.05) is 46.3 Å². The van der Waals surface area contributed by atoms with Crippen LogP contribution in [0.5, 0.6) is 0 Å². The van der Waals surface area contributed by atoms with Crippen molar-refractivity contribution in [1.29, 1.82) is 0 Å². The highest BCUT2D eigenvalue weighted by Gasteiger charge is 2.15. The second-order valence-corrected chi connectivity index (χ2v) is 6.92. The summed E-state index contributed by atoms with van der Waals surface area (Å²) in [6.45, 7) is 11.4. The number of nitrogens with zero attached hydrogens (tertiary/aromatic N) is 3. The Morgan fingerprint density at radius 2 is 1.72 bits per heavy atom. The third-order valence-corrected chi connectivity index (χ3v) is 4.67. The first kappa shape index (κ1) is 19.7. The van der Waals surface area contributed by atoms with E-state index >= 15 is 0 Å². The zero-order valence-corrected chi connectivity index (χ0v) is 15.7. The van der Waals surface area contributed by atoms with Gasteiger partial charge < -0.3 is 20.2 Å². The van der Waals surface area contributed by atoms with Gasteiger partial charge >= 0.3 is 6.03 Å². The van der Waals surface area contributed by atoms with Crippen LogP contribution in [-0.2, 0) is 13.1 Å². The number of hydrogen-bond acceptors (Lipinski definition) is 4. The van der Waals surface area contributed by atoms with E-state index in [-0.39, 0.29) is 6.03 Å². The number of hydrogen-bond donors (Lipinski definition) is 2. The van der Waals surface area contributed by atoms with Gasteiger partial charge in [0.2, 0.25) is 0 Å². The van der Waals surface area contributed by atoms with Gasteiger partial charge in [-0.25, -0.2) is 4.79 Å². The number of nitrogens with one attached hydrogen (secondary N) is 1. The van der Waals surface area contributed by atoms with Gasteiger partial charge in [-0.2, -0.15) is 0 Å². The Kier molecular flexibility index (Phi) is 7.68. The van der Waals surface area contributed by atoms with Crippen molar-refractivity contribution in [2.24, 2.45) is 0 Å². The SMILES string of the molecule is CCN1CCN(Cc2ccc(CNC(=O)N(C)CC(C)O)cc2)CC1. The maximum absolute atomic E-state index is 11.9. The fraction of sp³-hybridized carbons (Fsp3) is 0.632. The van der Waals surface area contributed by atoms with Crippen LogP contribution in [-0.4, -0.2) is 78.3 Å². The first-order chi connectivity index (χ1) is 12.0. The van der Waals surface area contributed by atoms with Crippen molar-refractivity contribution < 1.29 is 9.90 Å². The van der Waals surface area contributed by atoms with Gasteiger partial charge in [-0.15, -0.1) is 0 Å². The van der Waals surface area contributed by atoms with Gasteiger partial charge in [0.15, 0.2) is 0 Å². The van der Waals surface area contributed by atoms with Crippen molar-refractivity contribution >= 4 is 6.03 Å². The molecule has 1 aromatic carbocycles. The first-order valence-corrected chi connectivity index (χ1v) is 9.17. The molecular weight excluding hydrogens is 316 g/mol. The molecular formula is C19H32N4O2. The van der Waals surface area contributed by atoms with E-state index in [2.05, 4.69) is 46.3 Å². The van der Waals surface area contributed by atoms with E-state index in [0.29, 0.717) is 13.1 Å². The molecule has 140 valence electrons. The summed E-state index contributed by atoms with van der Waals surface area (Å²) in [5.74, 6) is 0. The Hall–Kier alpha value is -1.63. The molecule has 1 heterocycles. The predicted octanol–water partition coefficient (Wildman–Crippen LogP) is 1.35. The van der Waals surface area contributed by atoms with Crippen molar-refractivity contribution in [2.45, 2.75) is 33.0 Å². The molecule has 6 nitrogen and oxygen atoms in total. The third kappa shape index (κ3) is 6.65. The Balaban J connectivity index is 1.75. The van der Waals surface area contributed by atoms with Gasteiger partial charge in [-0.1, -0.05) is 31.2 Å². The van der Waals surface area contributed by atoms with Gasteiger partial charge in [0, 0.05) is 52.9 Å². The summed E-state index contributed by atoms with van der Waals surface area (Å²) in [4.78, 5) is 18.4. The van der Waals surface area contributed by atoms with E-state index in [0.717, 1.165) is 44.8 Å². The second kappa shape index (κ2) is 9.75. The number of piperazine rings is 1. The van der Waals surface area contributed by atoms with Gasteiger partial charge in [0.1, 0.15) is 0 Å². The lowest BCUT2D eigenvalue weighted by Gasteiger charge is -2.34. The molecule has 6 heteroatoms. The van der Waals surface area contributed by atoms with Gasteiger partial charge in [-0.05, 0) is 24.6 Å². The number of amides is 2. The lowest BCUT2D eigenvalue weighted by atomic mass is 10.1. The standard InChI is InChI=1S/C19H32N4O2/c1-4-22-9-11-23(12-10-22)15-18-7-5-17(6-8-18)13-20-19(25)21(3)14-16(2)24/h5-8,16,24H,4,9-15H2,1-3H3,(H,20,25). The highest BCUT2D eigenvalue weighted by Crippen LogP contribution is 2.10. The van der Waals surface area contributed by atoms with Crippen LogP contribution < -0.4 is 5.32 Å². The molecule has 2 rings (SSSR count). The van der Waals surface area contributed by atoms with E-state index in [4.69, 9.17) is 0 Å². The largest absolute Gasteiger partial charge is 0.392 e. The van der Waals surface area contributed by atoms with Gasteiger partial charge in [0.05, 0.1) is 6.10 Å². The lowest BCUT2D eigenvalue weighted by Crippen LogP contribution is -2.45. The molecule has 0 aromatic heterocycles. The maximum atomic E-state index is 11.9. The summed E-state index contributed by atoms with van der Waals surface area (Å²) in [5, 5.41) is 12.2. The maximum Gasteiger partial charge on any atom is 0.317 e. The molecule has 0 spiro atoms. The van der Waals surface area contributed by atoms with Crippen LogP contribution in [0.1, 0.15) is 25.0 Å². The molecule has 2 N–H and O–H groups in total. The average Bonchev–Trinajstić information content (AvgIpc) is 2.61. The number of aliphatic hydroxyl groups is 1. The number of urea groups is 1. The second-order valence-electron chi connectivity index (χ2n) is 6.92. The number of rotatable bonds is 7. The van der Waals surface area contributed by atoms with Gasteiger partial charge in [-0.3, -0.25) is 4.90 Å². The molecule has 0 bridgehead atoms. The first-order valence-electron chi connectivity index (χ1n) is 9.17. The average molecular weight is 348 g/mol. The summed E-state index contributed by atoms with van der Waals surface area (Å²) >= 11 is 0. The summed E-state index contributed by atoms with van der Waals surface area (Å²) in [6.07, 6.45) is -0.519. The fourth-order valence-electron chi connectivity index (χ4n) is 3.08. The summed E-state index contributed by atoms with van der Waals surface area (Å²) < 4.78 is 0. The Morgan fingerprint density at radius 3 is 2.28 bits per heavy atom. The quantitative estimate of drug-likeness (QED) is 0.781. The zero-order chi connectivity index (χ0) is 18.2. The van der Waals surface area contributed by atoms with Crippen LogP contribution in [0.2, 0.25) is 0 Å². The lowest BCUT2D eigenvalue weighted by molar-refractivity contribution is 0.132. The molecule has 1 aliphatic heterocycles. The number of benzene rings is 1. The zero-order valence-electron chi connectivity index (χ0n) is 15.7. The molecule has 1 saturated heterocycles. The van der Waals surface area contributed by atoms with Crippen LogP contribution in [0.25, 0.3) is 0 Å². The molecule has 1 atom stereocenters. The molecule has 1 aliphatic rings. The number of carbonyl (C=O) groups excluding carboxylic acids is 1. The summed E-state index contributed by atoms with van der Waals surface area (Å²) in [5.41, 5.74) is 2.39. The molecule has 1 unspecified atom stereocenters. The van der Waals surface area contributed by atoms with Crippen molar-refractivity contribution in [3.8, 4) is 0 Å². The highest BCUT2D eigenvalue weighted by molar-refractivity contribution is 5.73. The van der Waals surface area contributed by atoms with Crippen LogP contribution >= 0.6 is 0 Å². The fourth-order valence-corrected chi connectivity index (χ4v) is 3.08. The molecule has 0 aliphatic carbocycles. The summed E-state index contributed by atoms with van der Waals surface area (Å²) in [7, 11) is 1.68. The molecule has 0 saturated carbocycles. The minimum atomic E-state index is -0.519. The van der Waals surface area contributed by atoms with Crippen LogP contribution in [0, 0.1) is 0 Å². The van der Waals surface area contributed by atoms with Crippen molar-refractivity contribution in [1.82, 2.24) is 20.0 Å². The topological polar surface area (TPSA) is 59.0 Å². The summed E-state index contributed by atoms with van der Waals surface area (Å²) in [6, 6.07) is 8.28. The van der Waals surface area contributed by atoms with E-state index in [1.807, 2.05) is 0 Å². The normalized spacial score (nSPS) is 17.3. The van der Waals surface area contributed by atoms with Crippen LogP contribution in [0.4, 0.5) is 4.79 Å². The van der Waals surface area contributed by atoms with Gasteiger partial charge in [0.25, 0.3) is 0 Å². The predicted molar refractivity (Wildman–Crippen MR) is 100 cm³/mol. The third-order valence-electron chi connectivity index (χ3n) is 4.67. The van der Waals surface area contributed by atoms with E-state index in [1.54, 1.807) is 14.0 Å². The van der Waals surface area contributed by atoms with E-state index in [1.165, 1.54) is 10.5 Å². The molecule has 1 fully saturated rings. The Bertz CT molecular complexity index is 525. The number of aliphatic hydroxyl groups excluding tert-OH is 1. The van der Waals surface area contributed by atoms with Crippen molar-refractivity contribution in [3.63, 3.8) is 0 Å². The van der Waals surface area contributed by atoms with E-state index < -0.39 is 6.10 Å². The molecule has 1 aromatic rings. The monoisotopic (exact) mass is 348 g/mol. The van der Waals surface area contributed by atoms with E-state index in [9.17, 15) is 9.90 Å². The van der Waals surface area contributed by atoms with Crippen LogP contribution in [0.3, 0.4) is 0 Å². The minimum Gasteiger partial charge on any atom is -0.392 e. The number of carbonyl (C=O) groups is 1.